The van der Waals surface area contributed by atoms with Crippen LogP contribution in [0.15, 0.2) is 61.2 Å². The summed E-state index contributed by atoms with van der Waals surface area (Å²) < 4.78 is 38.3. The van der Waals surface area contributed by atoms with Gasteiger partial charge in [-0.05, 0) is 36.4 Å². The molecule has 3 aromatic rings. The Bertz CT molecular complexity index is 1060. The Hall–Kier alpha value is -3.46. The highest BCUT2D eigenvalue weighted by Gasteiger charge is 2.31. The van der Waals surface area contributed by atoms with Crippen molar-refractivity contribution in [1.82, 2.24) is 9.97 Å². The van der Waals surface area contributed by atoms with Crippen LogP contribution >= 0.6 is 11.6 Å². The van der Waals surface area contributed by atoms with Crippen LogP contribution in [0.3, 0.4) is 0 Å². The van der Waals surface area contributed by atoms with E-state index in [1.807, 2.05) is 0 Å². The van der Waals surface area contributed by atoms with Gasteiger partial charge in [-0.25, -0.2) is 0 Å². The number of carbonyl (C=O) groups is 2. The Labute approximate surface area is 167 Å². The lowest BCUT2D eigenvalue weighted by atomic mass is 10.1. The Morgan fingerprint density at radius 3 is 2.31 bits per heavy atom. The van der Waals surface area contributed by atoms with Gasteiger partial charge < -0.3 is 10.6 Å². The molecule has 0 unspecified atom stereocenters. The molecule has 0 saturated heterocycles. The summed E-state index contributed by atoms with van der Waals surface area (Å²) in [5, 5.41) is 5.09. The highest BCUT2D eigenvalue weighted by atomic mass is 35.5. The van der Waals surface area contributed by atoms with Gasteiger partial charge in [0, 0.05) is 24.3 Å². The van der Waals surface area contributed by atoms with Crippen LogP contribution in [0.4, 0.5) is 24.5 Å². The lowest BCUT2D eigenvalue weighted by Gasteiger charge is -2.10. The molecule has 2 N–H and O–H groups in total. The van der Waals surface area contributed by atoms with Gasteiger partial charge in [-0.3, -0.25) is 19.6 Å². The van der Waals surface area contributed by atoms with Gasteiger partial charge in [-0.1, -0.05) is 11.6 Å². The minimum Gasteiger partial charge on any atom is -0.322 e. The van der Waals surface area contributed by atoms with E-state index in [4.69, 9.17) is 11.6 Å². The molecule has 0 aliphatic carbocycles. The summed E-state index contributed by atoms with van der Waals surface area (Å²) >= 11 is 6.12. The number of hydrogen-bond donors (Lipinski definition) is 2. The summed E-state index contributed by atoms with van der Waals surface area (Å²) in [7, 11) is 0. The van der Waals surface area contributed by atoms with E-state index in [2.05, 4.69) is 20.6 Å². The van der Waals surface area contributed by atoms with E-state index in [9.17, 15) is 22.8 Å². The van der Waals surface area contributed by atoms with E-state index < -0.39 is 23.6 Å². The van der Waals surface area contributed by atoms with Crippen LogP contribution in [0.25, 0.3) is 0 Å². The van der Waals surface area contributed by atoms with Gasteiger partial charge in [-0.2, -0.15) is 13.2 Å². The number of carbonyl (C=O) groups excluding carboxylic acids is 2. The average Bonchev–Trinajstić information content (AvgIpc) is 2.68. The molecule has 29 heavy (non-hydrogen) atoms. The summed E-state index contributed by atoms with van der Waals surface area (Å²) in [5.41, 5.74) is -0.479. The molecule has 148 valence electrons. The summed E-state index contributed by atoms with van der Waals surface area (Å²) in [6, 6.07) is 8.10. The Morgan fingerprint density at radius 1 is 0.897 bits per heavy atom. The van der Waals surface area contributed by atoms with E-state index in [1.54, 1.807) is 18.3 Å². The normalized spacial score (nSPS) is 11.0. The number of anilines is 2. The van der Waals surface area contributed by atoms with Crippen LogP contribution in [0, 0.1) is 0 Å². The molecule has 2 aromatic heterocycles. The monoisotopic (exact) mass is 420 g/mol. The van der Waals surface area contributed by atoms with Crippen molar-refractivity contribution in [2.45, 2.75) is 6.18 Å². The maximum atomic E-state index is 12.8. The molecule has 2 heterocycles. The zero-order valence-corrected chi connectivity index (χ0v) is 15.3. The van der Waals surface area contributed by atoms with Crippen LogP contribution in [0.2, 0.25) is 5.02 Å². The maximum Gasteiger partial charge on any atom is 0.417 e. The molecule has 0 radical (unpaired) electrons. The first kappa shape index (κ1) is 20.3. The fourth-order valence-corrected chi connectivity index (χ4v) is 2.60. The van der Waals surface area contributed by atoms with Crippen molar-refractivity contribution < 1.29 is 22.8 Å². The number of halogens is 4. The predicted molar refractivity (Wildman–Crippen MR) is 101 cm³/mol. The van der Waals surface area contributed by atoms with E-state index in [0.717, 1.165) is 6.20 Å². The minimum absolute atomic E-state index is 0.0476. The molecular weight excluding hydrogens is 409 g/mol. The lowest BCUT2D eigenvalue weighted by molar-refractivity contribution is -0.137. The molecule has 0 atom stereocenters. The number of alkyl halides is 3. The first-order chi connectivity index (χ1) is 13.7. The molecule has 1 aromatic carbocycles. The van der Waals surface area contributed by atoms with Gasteiger partial charge in [0.2, 0.25) is 0 Å². The van der Waals surface area contributed by atoms with Gasteiger partial charge >= 0.3 is 6.18 Å². The fourth-order valence-electron chi connectivity index (χ4n) is 2.33. The van der Waals surface area contributed by atoms with Gasteiger partial charge in [0.15, 0.2) is 0 Å². The zero-order valence-electron chi connectivity index (χ0n) is 14.5. The third kappa shape index (κ3) is 5.08. The molecule has 6 nitrogen and oxygen atoms in total. The SMILES string of the molecule is O=C(Nc1ccc(C(=O)Nc2cccnc2)c(Cl)c1)c1cncc(C(F)(F)F)c1. The highest BCUT2D eigenvalue weighted by molar-refractivity contribution is 6.34. The van der Waals surface area contributed by atoms with E-state index in [-0.39, 0.29) is 21.8 Å². The summed E-state index contributed by atoms with van der Waals surface area (Å²) in [5.74, 6) is -1.28. The number of hydrogen-bond acceptors (Lipinski definition) is 4. The molecule has 0 aliphatic heterocycles. The first-order valence-electron chi connectivity index (χ1n) is 8.08. The van der Waals surface area contributed by atoms with Crippen LogP contribution in [-0.2, 0) is 6.18 Å². The Kier molecular flexibility index (Phi) is 5.79. The smallest absolute Gasteiger partial charge is 0.322 e. The van der Waals surface area contributed by atoms with Crippen molar-refractivity contribution in [2.75, 3.05) is 10.6 Å². The number of amides is 2. The summed E-state index contributed by atoms with van der Waals surface area (Å²) in [4.78, 5) is 31.8. The molecule has 0 aliphatic rings. The van der Waals surface area contributed by atoms with Crippen molar-refractivity contribution in [1.29, 1.82) is 0 Å². The van der Waals surface area contributed by atoms with Crippen molar-refractivity contribution in [3.63, 3.8) is 0 Å². The second-order valence-corrected chi connectivity index (χ2v) is 6.21. The van der Waals surface area contributed by atoms with Crippen LogP contribution in [0.5, 0.6) is 0 Å². The van der Waals surface area contributed by atoms with Gasteiger partial charge in [0.1, 0.15) is 0 Å². The van der Waals surface area contributed by atoms with Gasteiger partial charge in [0.25, 0.3) is 11.8 Å². The fraction of sp³-hybridized carbons (Fsp3) is 0.0526. The standard InChI is InChI=1S/C19H12ClF3N4O2/c20-16-7-13(3-4-15(16)18(29)27-14-2-1-5-24-10-14)26-17(28)11-6-12(9-25-8-11)19(21,22)23/h1-10H,(H,26,28)(H,27,29). The molecule has 0 spiro atoms. The quantitative estimate of drug-likeness (QED) is 0.643. The van der Waals surface area contributed by atoms with E-state index in [0.29, 0.717) is 18.0 Å². The van der Waals surface area contributed by atoms with Crippen molar-refractivity contribution in [2.24, 2.45) is 0 Å². The number of benzene rings is 1. The first-order valence-corrected chi connectivity index (χ1v) is 8.46. The molecule has 10 heteroatoms. The van der Waals surface area contributed by atoms with E-state index in [1.165, 1.54) is 24.4 Å². The lowest BCUT2D eigenvalue weighted by Crippen LogP contribution is -2.15. The largest absolute Gasteiger partial charge is 0.417 e. The van der Waals surface area contributed by atoms with Crippen LogP contribution in [0.1, 0.15) is 26.3 Å². The van der Waals surface area contributed by atoms with Crippen LogP contribution < -0.4 is 10.6 Å². The Balaban J connectivity index is 1.73. The summed E-state index contributed by atoms with van der Waals surface area (Å²) in [6.07, 6.45) is 0.0462. The van der Waals surface area contributed by atoms with E-state index >= 15 is 0 Å². The van der Waals surface area contributed by atoms with Crippen molar-refractivity contribution in [3.8, 4) is 0 Å². The molecule has 0 bridgehead atoms. The van der Waals surface area contributed by atoms with Crippen molar-refractivity contribution >= 4 is 34.8 Å². The minimum atomic E-state index is -4.62. The number of nitrogens with one attached hydrogen (secondary N) is 2. The third-order valence-corrected chi connectivity index (χ3v) is 4.03. The molecular formula is C19H12ClF3N4O2. The molecule has 0 fully saturated rings. The van der Waals surface area contributed by atoms with Gasteiger partial charge in [0.05, 0.1) is 33.6 Å². The predicted octanol–water partition coefficient (Wildman–Crippen LogP) is 4.65. The van der Waals surface area contributed by atoms with Crippen LogP contribution in [-0.4, -0.2) is 21.8 Å². The number of rotatable bonds is 4. The second-order valence-electron chi connectivity index (χ2n) is 5.80. The van der Waals surface area contributed by atoms with Gasteiger partial charge in [-0.15, -0.1) is 0 Å². The molecule has 2 amide bonds. The number of pyridine rings is 2. The van der Waals surface area contributed by atoms with Crippen molar-refractivity contribution in [3.05, 3.63) is 82.9 Å². The second kappa shape index (κ2) is 8.27. The third-order valence-electron chi connectivity index (χ3n) is 3.72. The zero-order chi connectivity index (χ0) is 21.0. The number of aromatic nitrogens is 2. The topological polar surface area (TPSA) is 84.0 Å². The molecule has 0 saturated carbocycles. The Morgan fingerprint density at radius 2 is 1.66 bits per heavy atom. The average molecular weight is 421 g/mol. The summed E-state index contributed by atoms with van der Waals surface area (Å²) in [6.45, 7) is 0. The molecule has 3 rings (SSSR count). The number of nitrogens with zero attached hydrogens (tertiary/aromatic N) is 2. The maximum absolute atomic E-state index is 12.8. The highest BCUT2D eigenvalue weighted by Crippen LogP contribution is 2.29.